The zero-order chi connectivity index (χ0) is 14.6. The van der Waals surface area contributed by atoms with Crippen LogP contribution in [0.2, 0.25) is 0 Å². The molecule has 0 aromatic carbocycles. The fourth-order valence-corrected chi connectivity index (χ4v) is 5.93. The van der Waals surface area contributed by atoms with Crippen molar-refractivity contribution in [2.24, 2.45) is 0 Å². The number of ether oxygens (including phenoxy) is 2. The molecule has 10 heteroatoms. The van der Waals surface area contributed by atoms with Crippen LogP contribution in [-0.4, -0.2) is 70.6 Å². The molecule has 0 spiro atoms. The third kappa shape index (κ3) is 5.73. The number of alkyl halides is 2. The molecule has 0 saturated carbocycles. The lowest BCUT2D eigenvalue weighted by Gasteiger charge is -2.26. The maximum atomic E-state index is 11.8. The van der Waals surface area contributed by atoms with Gasteiger partial charge in [-0.15, -0.1) is 23.2 Å². The average Bonchev–Trinajstić information content (AvgIpc) is 2.63. The molecule has 0 amide bonds. The molecule has 0 bridgehead atoms. The fraction of sp³-hybridized carbons (Fsp3) is 1.00. The number of halogens is 2. The number of rotatable bonds is 8. The van der Waals surface area contributed by atoms with Crippen molar-refractivity contribution in [1.82, 2.24) is 0 Å². The fourth-order valence-electron chi connectivity index (χ4n) is 1.75. The Morgan fingerprint density at radius 3 is 1.53 bits per heavy atom. The van der Waals surface area contributed by atoms with Crippen LogP contribution >= 0.6 is 23.2 Å². The summed E-state index contributed by atoms with van der Waals surface area (Å²) in [5.74, 6) is -3.30. The SMILES string of the molecule is O=S(=O)(CCCl)CC1(CS(=O)(=O)CCCl)OCCO1. The highest BCUT2D eigenvalue weighted by Gasteiger charge is 2.44. The molecular weight excluding hydrogens is 339 g/mol. The molecule has 6 nitrogen and oxygen atoms in total. The van der Waals surface area contributed by atoms with E-state index in [9.17, 15) is 16.8 Å². The van der Waals surface area contributed by atoms with Gasteiger partial charge in [-0.3, -0.25) is 0 Å². The molecule has 1 aliphatic heterocycles. The molecule has 0 radical (unpaired) electrons. The third-order valence-corrected chi connectivity index (χ3v) is 6.71. The Hall–Kier alpha value is 0.400. The largest absolute Gasteiger partial charge is 0.345 e. The first-order valence-electron chi connectivity index (χ1n) is 5.55. The van der Waals surface area contributed by atoms with Gasteiger partial charge in [0.1, 0.15) is 11.5 Å². The van der Waals surface area contributed by atoms with Crippen LogP contribution in [0.4, 0.5) is 0 Å². The highest BCUT2D eigenvalue weighted by molar-refractivity contribution is 7.92. The van der Waals surface area contributed by atoms with Gasteiger partial charge in [0.25, 0.3) is 0 Å². The summed E-state index contributed by atoms with van der Waals surface area (Å²) in [5.41, 5.74) is 0. The van der Waals surface area contributed by atoms with E-state index in [2.05, 4.69) is 0 Å². The average molecular weight is 355 g/mol. The lowest BCUT2D eigenvalue weighted by atomic mass is 10.4. The summed E-state index contributed by atoms with van der Waals surface area (Å²) in [6.07, 6.45) is 0. The van der Waals surface area contributed by atoms with Crippen LogP contribution in [0.5, 0.6) is 0 Å². The predicted molar refractivity (Wildman–Crippen MR) is 73.4 cm³/mol. The van der Waals surface area contributed by atoms with Crippen LogP contribution in [0.15, 0.2) is 0 Å². The van der Waals surface area contributed by atoms with Crippen molar-refractivity contribution >= 4 is 42.9 Å². The second-order valence-corrected chi connectivity index (χ2v) is 9.29. The van der Waals surface area contributed by atoms with Crippen molar-refractivity contribution in [3.63, 3.8) is 0 Å². The summed E-state index contributed by atoms with van der Waals surface area (Å²) in [6.45, 7) is 0.319. The molecule has 1 heterocycles. The van der Waals surface area contributed by atoms with E-state index >= 15 is 0 Å². The second kappa shape index (κ2) is 6.91. The number of hydrogen-bond donors (Lipinski definition) is 0. The molecule has 0 atom stereocenters. The van der Waals surface area contributed by atoms with Crippen molar-refractivity contribution in [1.29, 1.82) is 0 Å². The first kappa shape index (κ1) is 17.5. The van der Waals surface area contributed by atoms with Crippen molar-refractivity contribution in [3.8, 4) is 0 Å². The topological polar surface area (TPSA) is 86.7 Å². The molecule has 1 fully saturated rings. The smallest absolute Gasteiger partial charge is 0.196 e. The molecule has 1 saturated heterocycles. The van der Waals surface area contributed by atoms with E-state index in [0.717, 1.165) is 0 Å². The van der Waals surface area contributed by atoms with E-state index in [0.29, 0.717) is 0 Å². The first-order chi connectivity index (χ1) is 8.74. The standard InChI is InChI=1S/C9H16Cl2O6S2/c10-1-5-18(12,13)7-9(16-3-4-17-9)8-19(14,15)6-2-11/h1-8H2. The van der Waals surface area contributed by atoms with E-state index in [1.807, 2.05) is 0 Å². The zero-order valence-corrected chi connectivity index (χ0v) is 13.3. The van der Waals surface area contributed by atoms with E-state index in [1.54, 1.807) is 0 Å². The Bertz CT molecular complexity index is 441. The van der Waals surface area contributed by atoms with Gasteiger partial charge in [0.15, 0.2) is 25.5 Å². The van der Waals surface area contributed by atoms with Crippen LogP contribution < -0.4 is 0 Å². The molecule has 114 valence electrons. The van der Waals surface area contributed by atoms with Crippen molar-refractivity contribution in [3.05, 3.63) is 0 Å². The number of sulfone groups is 2. The molecule has 0 aliphatic carbocycles. The predicted octanol–water partition coefficient (Wildman–Crippen LogP) is 0.0367. The Morgan fingerprint density at radius 1 is 0.842 bits per heavy atom. The lowest BCUT2D eigenvalue weighted by molar-refractivity contribution is -0.119. The van der Waals surface area contributed by atoms with Crippen molar-refractivity contribution in [2.75, 3.05) is 48.0 Å². The van der Waals surface area contributed by atoms with E-state index < -0.39 is 37.0 Å². The first-order valence-corrected chi connectivity index (χ1v) is 10.3. The highest BCUT2D eigenvalue weighted by Crippen LogP contribution is 2.24. The van der Waals surface area contributed by atoms with Crippen molar-refractivity contribution < 1.29 is 26.3 Å². The summed E-state index contributed by atoms with van der Waals surface area (Å²) in [7, 11) is -7.08. The van der Waals surface area contributed by atoms with Gasteiger partial charge in [-0.25, -0.2) is 16.8 Å². The van der Waals surface area contributed by atoms with Crippen molar-refractivity contribution in [2.45, 2.75) is 5.79 Å². The monoisotopic (exact) mass is 354 g/mol. The molecule has 0 N–H and O–H groups in total. The van der Waals surface area contributed by atoms with Crippen LogP contribution in [-0.2, 0) is 29.1 Å². The minimum absolute atomic E-state index is 0.0627. The summed E-state index contributed by atoms with van der Waals surface area (Å²) < 4.78 is 57.6. The Morgan fingerprint density at radius 2 is 1.21 bits per heavy atom. The van der Waals surface area contributed by atoms with Gasteiger partial charge in [-0.2, -0.15) is 0 Å². The van der Waals surface area contributed by atoms with Gasteiger partial charge in [0, 0.05) is 11.8 Å². The maximum Gasteiger partial charge on any atom is 0.196 e. The van der Waals surface area contributed by atoms with Crippen LogP contribution in [0.3, 0.4) is 0 Å². The lowest BCUT2D eigenvalue weighted by Crippen LogP contribution is -2.46. The second-order valence-electron chi connectivity index (χ2n) is 4.17. The molecular formula is C9H16Cl2O6S2. The molecule has 0 aromatic rings. The van der Waals surface area contributed by atoms with Crippen LogP contribution in [0, 0.1) is 0 Å². The minimum Gasteiger partial charge on any atom is -0.345 e. The molecule has 19 heavy (non-hydrogen) atoms. The maximum absolute atomic E-state index is 11.8. The van der Waals surface area contributed by atoms with Gasteiger partial charge in [-0.1, -0.05) is 0 Å². The minimum atomic E-state index is -3.54. The molecule has 0 aromatic heterocycles. The van der Waals surface area contributed by atoms with E-state index in [1.165, 1.54) is 0 Å². The summed E-state index contributed by atoms with van der Waals surface area (Å²) in [4.78, 5) is 0. The van der Waals surface area contributed by atoms with E-state index in [-0.39, 0.29) is 36.5 Å². The van der Waals surface area contributed by atoms with Crippen LogP contribution in [0.1, 0.15) is 0 Å². The number of hydrogen-bond acceptors (Lipinski definition) is 6. The highest BCUT2D eigenvalue weighted by atomic mass is 35.5. The Balaban J connectivity index is 2.87. The van der Waals surface area contributed by atoms with Gasteiger partial charge >= 0.3 is 0 Å². The van der Waals surface area contributed by atoms with Gasteiger partial charge < -0.3 is 9.47 Å². The summed E-state index contributed by atoms with van der Waals surface area (Å²) in [5, 5.41) is 0. The van der Waals surface area contributed by atoms with Crippen LogP contribution in [0.25, 0.3) is 0 Å². The molecule has 0 unspecified atom stereocenters. The summed E-state index contributed by atoms with van der Waals surface area (Å²) >= 11 is 10.8. The molecule has 1 aliphatic rings. The summed E-state index contributed by atoms with van der Waals surface area (Å²) in [6, 6.07) is 0. The van der Waals surface area contributed by atoms with Gasteiger partial charge in [-0.05, 0) is 0 Å². The Kier molecular flexibility index (Phi) is 6.34. The molecule has 1 rings (SSSR count). The Labute approximate surface area is 123 Å². The normalized spacial score (nSPS) is 19.7. The van der Waals surface area contributed by atoms with E-state index in [4.69, 9.17) is 32.7 Å². The third-order valence-electron chi connectivity index (χ3n) is 2.47. The van der Waals surface area contributed by atoms with Gasteiger partial charge in [0.2, 0.25) is 0 Å². The quantitative estimate of drug-likeness (QED) is 0.572. The van der Waals surface area contributed by atoms with Gasteiger partial charge in [0.05, 0.1) is 24.7 Å². The zero-order valence-electron chi connectivity index (χ0n) is 10.2.